The number of ketones is 1. The number of alkyl halides is 3. The number of para-hydroxylation sites is 1. The van der Waals surface area contributed by atoms with Crippen LogP contribution in [0.25, 0.3) is 0 Å². The number of carbonyl (C=O) groups is 1. The van der Waals surface area contributed by atoms with Crippen molar-refractivity contribution in [1.82, 2.24) is 0 Å². The van der Waals surface area contributed by atoms with Crippen LogP contribution in [-0.4, -0.2) is 27.3 Å². The van der Waals surface area contributed by atoms with E-state index in [2.05, 4.69) is 24.0 Å². The normalized spacial score (nSPS) is 15.7. The first kappa shape index (κ1) is 17.8. The molecule has 0 fully saturated rings. The second kappa shape index (κ2) is 7.11. The quantitative estimate of drug-likeness (QED) is 0.302. The van der Waals surface area contributed by atoms with Crippen molar-refractivity contribution in [2.75, 3.05) is 11.4 Å². The van der Waals surface area contributed by atoms with Gasteiger partial charge >= 0.3 is 163 Å². The molecule has 2 aromatic rings. The predicted molar refractivity (Wildman–Crippen MR) is 103 cm³/mol. The SMILES string of the molecule is CCN1C(=CC(=O)c2ccc(C(Cl)(Cl)Cl)cc2)[Se]c2ccccc21. The van der Waals surface area contributed by atoms with Crippen molar-refractivity contribution in [3.05, 3.63) is 70.3 Å². The fraction of sp³-hybridized carbons (Fsp3) is 0.167. The van der Waals surface area contributed by atoms with Crippen molar-refractivity contribution in [1.29, 1.82) is 0 Å². The molecule has 0 unspecified atom stereocenters. The molecule has 0 radical (unpaired) electrons. The van der Waals surface area contributed by atoms with Gasteiger partial charge in [-0.25, -0.2) is 0 Å². The number of allylic oxidation sites excluding steroid dienone is 1. The predicted octanol–water partition coefficient (Wildman–Crippen LogP) is 4.41. The zero-order chi connectivity index (χ0) is 17.3. The molecular formula is C18H14Cl3NOSe. The van der Waals surface area contributed by atoms with Crippen LogP contribution in [0.1, 0.15) is 22.8 Å². The molecule has 1 aliphatic rings. The van der Waals surface area contributed by atoms with Gasteiger partial charge in [0, 0.05) is 0 Å². The molecule has 1 aliphatic heterocycles. The summed E-state index contributed by atoms with van der Waals surface area (Å²) >= 11 is 17.7. The number of hydrogen-bond donors (Lipinski definition) is 0. The molecule has 2 aromatic carbocycles. The second-order valence-electron chi connectivity index (χ2n) is 5.24. The Labute approximate surface area is 162 Å². The van der Waals surface area contributed by atoms with E-state index in [1.54, 1.807) is 30.3 Å². The summed E-state index contributed by atoms with van der Waals surface area (Å²) in [7, 11) is 0. The van der Waals surface area contributed by atoms with Crippen molar-refractivity contribution in [2.24, 2.45) is 0 Å². The molecule has 3 rings (SSSR count). The van der Waals surface area contributed by atoms with E-state index in [4.69, 9.17) is 34.8 Å². The molecule has 0 atom stereocenters. The minimum atomic E-state index is -1.48. The number of benzene rings is 2. The van der Waals surface area contributed by atoms with Gasteiger partial charge < -0.3 is 0 Å². The minimum absolute atomic E-state index is 0.0333. The maximum atomic E-state index is 12.6. The molecule has 6 heteroatoms. The number of anilines is 1. The van der Waals surface area contributed by atoms with E-state index in [9.17, 15) is 4.79 Å². The summed E-state index contributed by atoms with van der Waals surface area (Å²) in [6.45, 7) is 2.93. The van der Waals surface area contributed by atoms with Gasteiger partial charge in [-0.15, -0.1) is 0 Å². The number of nitrogens with zero attached hydrogens (tertiary/aromatic N) is 1. The van der Waals surface area contributed by atoms with Crippen LogP contribution in [0.5, 0.6) is 0 Å². The van der Waals surface area contributed by atoms with Gasteiger partial charge in [0.15, 0.2) is 0 Å². The van der Waals surface area contributed by atoms with E-state index in [0.717, 1.165) is 11.1 Å². The number of halogens is 3. The Bertz CT molecular complexity index is 797. The Morgan fingerprint density at radius 1 is 1.12 bits per heavy atom. The molecular weight excluding hydrogens is 432 g/mol. The van der Waals surface area contributed by atoms with Crippen LogP contribution in [0, 0.1) is 0 Å². The molecule has 124 valence electrons. The van der Waals surface area contributed by atoms with E-state index >= 15 is 0 Å². The van der Waals surface area contributed by atoms with Crippen molar-refractivity contribution >= 4 is 65.7 Å². The summed E-state index contributed by atoms with van der Waals surface area (Å²) in [4.78, 5) is 14.8. The summed E-state index contributed by atoms with van der Waals surface area (Å²) in [6, 6.07) is 15.0. The average molecular weight is 446 g/mol. The van der Waals surface area contributed by atoms with Crippen LogP contribution < -0.4 is 9.36 Å². The fourth-order valence-corrected chi connectivity index (χ4v) is 5.31. The van der Waals surface area contributed by atoms with Gasteiger partial charge in [-0.2, -0.15) is 0 Å². The molecule has 0 spiro atoms. The molecule has 0 N–H and O–H groups in total. The molecule has 0 aliphatic carbocycles. The maximum absolute atomic E-state index is 12.6. The van der Waals surface area contributed by atoms with Gasteiger partial charge in [-0.05, 0) is 0 Å². The number of carbonyl (C=O) groups excluding carboxylic acids is 1. The number of fused-ring (bicyclic) bond motifs is 1. The van der Waals surface area contributed by atoms with Gasteiger partial charge in [-0.3, -0.25) is 0 Å². The molecule has 0 saturated carbocycles. The summed E-state index contributed by atoms with van der Waals surface area (Å²) in [5, 5.41) is 0. The standard InChI is InChI=1S/C18H14Cl3NOSe/c1-2-22-14-5-3-4-6-16(14)24-17(22)11-15(23)12-7-9-13(10-8-12)18(19,20)21/h3-11H,2H2,1H3. The van der Waals surface area contributed by atoms with Crippen LogP contribution in [0.2, 0.25) is 0 Å². The van der Waals surface area contributed by atoms with E-state index < -0.39 is 3.79 Å². The molecule has 0 amide bonds. The van der Waals surface area contributed by atoms with Gasteiger partial charge in [0.2, 0.25) is 0 Å². The van der Waals surface area contributed by atoms with Crippen LogP contribution in [-0.2, 0) is 3.79 Å². The Morgan fingerprint density at radius 3 is 2.42 bits per heavy atom. The average Bonchev–Trinajstić information content (AvgIpc) is 2.91. The molecule has 0 saturated heterocycles. The van der Waals surface area contributed by atoms with Crippen LogP contribution in [0.4, 0.5) is 5.69 Å². The molecule has 2 nitrogen and oxygen atoms in total. The third-order valence-corrected chi connectivity index (χ3v) is 6.69. The molecule has 24 heavy (non-hydrogen) atoms. The van der Waals surface area contributed by atoms with E-state index in [0.29, 0.717) is 11.1 Å². The Morgan fingerprint density at radius 2 is 1.79 bits per heavy atom. The number of hydrogen-bond acceptors (Lipinski definition) is 2. The van der Waals surface area contributed by atoms with Gasteiger partial charge in [-0.1, -0.05) is 0 Å². The third kappa shape index (κ3) is 3.66. The first-order valence-corrected chi connectivity index (χ1v) is 10.2. The monoisotopic (exact) mass is 445 g/mol. The summed E-state index contributed by atoms with van der Waals surface area (Å²) in [5.41, 5.74) is 2.33. The van der Waals surface area contributed by atoms with E-state index in [1.165, 1.54) is 10.1 Å². The van der Waals surface area contributed by atoms with Crippen molar-refractivity contribution < 1.29 is 4.79 Å². The first-order valence-electron chi connectivity index (χ1n) is 7.38. The van der Waals surface area contributed by atoms with E-state index in [1.807, 2.05) is 12.1 Å². The third-order valence-electron chi connectivity index (χ3n) is 3.70. The summed E-state index contributed by atoms with van der Waals surface area (Å²) in [6.07, 6.45) is 1.73. The zero-order valence-electron chi connectivity index (χ0n) is 12.8. The van der Waals surface area contributed by atoms with Crippen LogP contribution in [0.3, 0.4) is 0 Å². The zero-order valence-corrected chi connectivity index (χ0v) is 16.8. The second-order valence-corrected chi connectivity index (χ2v) is 9.75. The van der Waals surface area contributed by atoms with Crippen molar-refractivity contribution in [3.63, 3.8) is 0 Å². The van der Waals surface area contributed by atoms with Crippen LogP contribution in [0.15, 0.2) is 59.2 Å². The summed E-state index contributed by atoms with van der Waals surface area (Å²) < 4.78 is 0.897. The van der Waals surface area contributed by atoms with Gasteiger partial charge in [0.05, 0.1) is 0 Å². The Hall–Kier alpha value is -0.961. The first-order chi connectivity index (χ1) is 11.4. The van der Waals surface area contributed by atoms with E-state index in [-0.39, 0.29) is 20.7 Å². The Kier molecular flexibility index (Phi) is 5.29. The molecule has 0 aromatic heterocycles. The number of rotatable bonds is 3. The molecule has 0 bridgehead atoms. The summed E-state index contributed by atoms with van der Waals surface area (Å²) in [5.74, 6) is -0.0333. The Balaban J connectivity index is 1.85. The van der Waals surface area contributed by atoms with Crippen molar-refractivity contribution in [2.45, 2.75) is 10.7 Å². The van der Waals surface area contributed by atoms with Gasteiger partial charge in [0.25, 0.3) is 0 Å². The molecule has 1 heterocycles. The van der Waals surface area contributed by atoms with Crippen molar-refractivity contribution in [3.8, 4) is 0 Å². The topological polar surface area (TPSA) is 20.3 Å². The fourth-order valence-electron chi connectivity index (χ4n) is 2.51. The van der Waals surface area contributed by atoms with Crippen LogP contribution >= 0.6 is 34.8 Å². The van der Waals surface area contributed by atoms with Gasteiger partial charge in [0.1, 0.15) is 0 Å².